The van der Waals surface area contributed by atoms with E-state index in [0.717, 1.165) is 33.1 Å². The molecule has 30 heavy (non-hydrogen) atoms. The predicted molar refractivity (Wildman–Crippen MR) is 120 cm³/mol. The lowest BCUT2D eigenvalue weighted by molar-refractivity contribution is -0.121. The third-order valence-electron chi connectivity index (χ3n) is 4.96. The molecule has 3 rings (SSSR count). The van der Waals surface area contributed by atoms with Gasteiger partial charge < -0.3 is 15.0 Å². The van der Waals surface area contributed by atoms with E-state index >= 15 is 0 Å². The van der Waals surface area contributed by atoms with Crippen molar-refractivity contribution >= 4 is 27.5 Å². The Kier molecular flexibility index (Phi) is 7.23. The molecule has 1 amide bonds. The van der Waals surface area contributed by atoms with Crippen molar-refractivity contribution in [2.75, 3.05) is 27.2 Å². The largest absolute Gasteiger partial charge is 0.492 e. The number of rotatable bonds is 9. The zero-order valence-electron chi connectivity index (χ0n) is 17.9. The molecule has 3 aromatic rings. The summed E-state index contributed by atoms with van der Waals surface area (Å²) < 4.78 is 7.18. The van der Waals surface area contributed by atoms with Gasteiger partial charge in [0.05, 0.1) is 11.7 Å². The summed E-state index contributed by atoms with van der Waals surface area (Å²) in [5, 5.41) is 3.56. The Bertz CT molecular complexity index is 1070. The number of nitrogens with zero attached hydrogens (tertiary/aromatic N) is 3. The molecule has 7 nitrogen and oxygen atoms in total. The van der Waals surface area contributed by atoms with Gasteiger partial charge in [0.1, 0.15) is 17.2 Å². The highest BCUT2D eigenvalue weighted by molar-refractivity contribution is 7.18. The molecular formula is C22H28N4O3S. The number of likely N-dealkylation sites (N-methyl/N-ethyl adjacent to an activating group) is 1. The monoisotopic (exact) mass is 428 g/mol. The number of aromatic nitrogens is 2. The Morgan fingerprint density at radius 2 is 1.97 bits per heavy atom. The highest BCUT2D eigenvalue weighted by atomic mass is 32.1. The lowest BCUT2D eigenvalue weighted by atomic mass is 10.2. The number of carbonyl (C=O) groups is 1. The van der Waals surface area contributed by atoms with E-state index in [-0.39, 0.29) is 17.9 Å². The molecule has 2 aromatic heterocycles. The van der Waals surface area contributed by atoms with Crippen LogP contribution in [0.5, 0.6) is 5.75 Å². The van der Waals surface area contributed by atoms with Gasteiger partial charge in [-0.3, -0.25) is 14.2 Å². The summed E-state index contributed by atoms with van der Waals surface area (Å²) in [5.41, 5.74) is 1.88. The zero-order valence-corrected chi connectivity index (χ0v) is 18.7. The number of aryl methyl sites for hydroxylation is 3. The first kappa shape index (κ1) is 22.0. The topological polar surface area (TPSA) is 76.5 Å². The Labute approximate surface area is 180 Å². The molecule has 0 atom stereocenters. The summed E-state index contributed by atoms with van der Waals surface area (Å²) in [4.78, 5) is 33.2. The van der Waals surface area contributed by atoms with Crippen molar-refractivity contribution in [3.05, 3.63) is 57.0 Å². The summed E-state index contributed by atoms with van der Waals surface area (Å²) in [6, 6.07) is 7.69. The van der Waals surface area contributed by atoms with Gasteiger partial charge in [-0.25, -0.2) is 4.98 Å². The van der Waals surface area contributed by atoms with Crippen LogP contribution in [0.25, 0.3) is 10.2 Å². The molecule has 8 heteroatoms. The van der Waals surface area contributed by atoms with Gasteiger partial charge in [-0.15, -0.1) is 11.3 Å². The quantitative estimate of drug-likeness (QED) is 0.567. The summed E-state index contributed by atoms with van der Waals surface area (Å²) >= 11 is 1.52. The standard InChI is InChI=1S/C22H28N4O3S/c1-15-16(2)30-21-20(15)22(28)26(14-24-21)10-9-19(27)23-13-17-5-7-18(8-6-17)29-12-11-25(3)4/h5-8,14H,9-13H2,1-4H3,(H,23,27). The minimum atomic E-state index is -0.105. The van der Waals surface area contributed by atoms with Gasteiger partial charge >= 0.3 is 0 Å². The number of amides is 1. The maximum absolute atomic E-state index is 12.7. The first-order chi connectivity index (χ1) is 14.3. The van der Waals surface area contributed by atoms with Crippen molar-refractivity contribution < 1.29 is 9.53 Å². The number of hydrogen-bond acceptors (Lipinski definition) is 6. The molecule has 0 bridgehead atoms. The van der Waals surface area contributed by atoms with E-state index in [2.05, 4.69) is 15.2 Å². The molecule has 2 heterocycles. The fourth-order valence-corrected chi connectivity index (χ4v) is 3.98. The van der Waals surface area contributed by atoms with Gasteiger partial charge in [-0.05, 0) is 51.2 Å². The third-order valence-corrected chi connectivity index (χ3v) is 6.07. The van der Waals surface area contributed by atoms with Gasteiger partial charge in [0, 0.05) is 30.9 Å². The summed E-state index contributed by atoms with van der Waals surface area (Å²) in [6.07, 6.45) is 1.75. The van der Waals surface area contributed by atoms with Crippen LogP contribution in [0.15, 0.2) is 35.4 Å². The predicted octanol–water partition coefficient (Wildman–Crippen LogP) is 2.72. The molecular weight excluding hydrogens is 400 g/mol. The molecule has 0 aliphatic carbocycles. The fourth-order valence-electron chi connectivity index (χ4n) is 2.99. The number of nitrogens with one attached hydrogen (secondary N) is 1. The molecule has 0 aliphatic heterocycles. The Morgan fingerprint density at radius 3 is 2.67 bits per heavy atom. The lowest BCUT2D eigenvalue weighted by Crippen LogP contribution is -2.27. The molecule has 1 N–H and O–H groups in total. The second kappa shape index (κ2) is 9.86. The normalized spacial score (nSPS) is 11.2. The zero-order chi connectivity index (χ0) is 21.7. The van der Waals surface area contributed by atoms with E-state index < -0.39 is 0 Å². The van der Waals surface area contributed by atoms with Crippen LogP contribution in [0.4, 0.5) is 0 Å². The van der Waals surface area contributed by atoms with Crippen LogP contribution >= 0.6 is 11.3 Å². The van der Waals surface area contributed by atoms with Gasteiger partial charge in [0.25, 0.3) is 5.56 Å². The second-order valence-corrected chi connectivity index (χ2v) is 8.73. The Balaban J connectivity index is 1.49. The fraction of sp³-hybridized carbons (Fsp3) is 0.409. The third kappa shape index (κ3) is 5.46. The van der Waals surface area contributed by atoms with E-state index in [1.807, 2.05) is 52.2 Å². The smallest absolute Gasteiger partial charge is 0.262 e. The number of thiophene rings is 1. The van der Waals surface area contributed by atoms with Crippen molar-refractivity contribution in [3.63, 3.8) is 0 Å². The molecule has 1 aromatic carbocycles. The SMILES string of the molecule is Cc1sc2ncn(CCC(=O)NCc3ccc(OCCN(C)C)cc3)c(=O)c2c1C. The summed E-state index contributed by atoms with van der Waals surface area (Å²) in [7, 11) is 4.01. The van der Waals surface area contributed by atoms with Gasteiger partial charge in [-0.1, -0.05) is 12.1 Å². The van der Waals surface area contributed by atoms with Crippen molar-refractivity contribution in [1.29, 1.82) is 0 Å². The van der Waals surface area contributed by atoms with E-state index in [9.17, 15) is 9.59 Å². The molecule has 0 aliphatic rings. The number of ether oxygens (including phenoxy) is 1. The van der Waals surface area contributed by atoms with Crippen LogP contribution in [-0.4, -0.2) is 47.6 Å². The van der Waals surface area contributed by atoms with E-state index in [0.29, 0.717) is 25.1 Å². The average molecular weight is 429 g/mol. The highest BCUT2D eigenvalue weighted by Gasteiger charge is 2.12. The van der Waals surface area contributed by atoms with Crippen molar-refractivity contribution in [3.8, 4) is 5.75 Å². The van der Waals surface area contributed by atoms with Gasteiger partial charge in [0.2, 0.25) is 5.91 Å². The number of hydrogen-bond donors (Lipinski definition) is 1. The molecule has 0 radical (unpaired) electrons. The van der Waals surface area contributed by atoms with E-state index in [1.54, 1.807) is 0 Å². The maximum Gasteiger partial charge on any atom is 0.262 e. The van der Waals surface area contributed by atoms with Crippen LogP contribution in [0.1, 0.15) is 22.4 Å². The number of carbonyl (C=O) groups excluding carboxylic acids is 1. The first-order valence-corrected chi connectivity index (χ1v) is 10.7. The van der Waals surface area contributed by atoms with Crippen molar-refractivity contribution in [2.24, 2.45) is 0 Å². The Morgan fingerprint density at radius 1 is 1.23 bits per heavy atom. The van der Waals surface area contributed by atoms with Gasteiger partial charge in [-0.2, -0.15) is 0 Å². The summed E-state index contributed by atoms with van der Waals surface area (Å²) in [6.45, 7) is 6.16. The minimum Gasteiger partial charge on any atom is -0.492 e. The summed E-state index contributed by atoms with van der Waals surface area (Å²) in [5.74, 6) is 0.708. The minimum absolute atomic E-state index is 0.0838. The van der Waals surface area contributed by atoms with Crippen LogP contribution in [0, 0.1) is 13.8 Å². The van der Waals surface area contributed by atoms with Crippen LogP contribution in [0.3, 0.4) is 0 Å². The van der Waals surface area contributed by atoms with E-state index in [1.165, 1.54) is 22.2 Å². The highest BCUT2D eigenvalue weighted by Crippen LogP contribution is 2.25. The van der Waals surface area contributed by atoms with Crippen molar-refractivity contribution in [2.45, 2.75) is 33.4 Å². The first-order valence-electron chi connectivity index (χ1n) is 9.93. The number of benzene rings is 1. The molecule has 0 saturated carbocycles. The maximum atomic E-state index is 12.7. The van der Waals surface area contributed by atoms with Crippen molar-refractivity contribution in [1.82, 2.24) is 19.8 Å². The van der Waals surface area contributed by atoms with E-state index in [4.69, 9.17) is 4.74 Å². The molecule has 0 fully saturated rings. The van der Waals surface area contributed by atoms with Crippen LogP contribution in [0.2, 0.25) is 0 Å². The van der Waals surface area contributed by atoms with Crippen LogP contribution in [-0.2, 0) is 17.9 Å². The second-order valence-electron chi connectivity index (χ2n) is 7.53. The van der Waals surface area contributed by atoms with Crippen LogP contribution < -0.4 is 15.6 Å². The number of fused-ring (bicyclic) bond motifs is 1. The average Bonchev–Trinajstić information content (AvgIpc) is 3.01. The lowest BCUT2D eigenvalue weighted by Gasteiger charge is -2.11. The Hall–Kier alpha value is -2.71. The molecule has 0 spiro atoms. The van der Waals surface area contributed by atoms with Gasteiger partial charge in [0.15, 0.2) is 0 Å². The molecule has 160 valence electrons. The molecule has 0 saturated heterocycles. The molecule has 0 unspecified atom stereocenters.